The molecule has 0 saturated heterocycles. The van der Waals surface area contributed by atoms with E-state index >= 15 is 0 Å². The van der Waals surface area contributed by atoms with Crippen molar-refractivity contribution in [2.24, 2.45) is 0 Å². The van der Waals surface area contributed by atoms with Crippen molar-refractivity contribution >= 4 is 17.4 Å². The summed E-state index contributed by atoms with van der Waals surface area (Å²) in [4.78, 5) is 11.4. The van der Waals surface area contributed by atoms with Crippen LogP contribution in [0.15, 0.2) is 18.2 Å². The molecule has 0 bridgehead atoms. The topological polar surface area (TPSA) is 37.3 Å². The number of benzene rings is 1. The molecule has 0 aliphatic heterocycles. The first kappa shape index (κ1) is 9.53. The number of phenolic OH excluding ortho intramolecular Hbond substituents is 1. The van der Waals surface area contributed by atoms with Gasteiger partial charge in [-0.25, -0.2) is 0 Å². The van der Waals surface area contributed by atoms with Gasteiger partial charge in [0.2, 0.25) is 0 Å². The van der Waals surface area contributed by atoms with Gasteiger partial charge in [0, 0.05) is 10.6 Å². The van der Waals surface area contributed by atoms with Gasteiger partial charge in [-0.05, 0) is 38.0 Å². The first-order chi connectivity index (χ1) is 6.56. The summed E-state index contributed by atoms with van der Waals surface area (Å²) in [6, 6.07) is 4.85. The fourth-order valence-electron chi connectivity index (χ4n) is 1.83. The number of halogens is 1. The molecule has 74 valence electrons. The van der Waals surface area contributed by atoms with Crippen LogP contribution in [0.25, 0.3) is 0 Å². The maximum Gasteiger partial charge on any atom is 0.140 e. The highest BCUT2D eigenvalue weighted by atomic mass is 35.5. The van der Waals surface area contributed by atoms with Gasteiger partial charge in [-0.2, -0.15) is 0 Å². The zero-order valence-corrected chi connectivity index (χ0v) is 8.64. The third-order valence-electron chi connectivity index (χ3n) is 2.90. The highest BCUT2D eigenvalue weighted by Crippen LogP contribution is 2.52. The van der Waals surface area contributed by atoms with E-state index in [4.69, 9.17) is 11.6 Å². The van der Waals surface area contributed by atoms with Crippen molar-refractivity contribution in [2.45, 2.75) is 25.2 Å². The minimum Gasteiger partial charge on any atom is -0.508 e. The van der Waals surface area contributed by atoms with Gasteiger partial charge in [-0.1, -0.05) is 11.6 Å². The molecule has 1 aromatic rings. The van der Waals surface area contributed by atoms with Crippen LogP contribution >= 0.6 is 11.6 Å². The van der Waals surface area contributed by atoms with Gasteiger partial charge in [0.1, 0.15) is 11.5 Å². The SMILES string of the molecule is CC(=O)C1(c2cc(Cl)ccc2O)CC1. The predicted octanol–water partition coefficient (Wildman–Crippen LogP) is 2.67. The third-order valence-corrected chi connectivity index (χ3v) is 3.13. The standard InChI is InChI=1S/C11H11ClO2/c1-7(13)11(4-5-11)9-6-8(12)2-3-10(9)14/h2-3,6,14H,4-5H2,1H3. The Hall–Kier alpha value is -1.02. The molecule has 14 heavy (non-hydrogen) atoms. The molecule has 1 aliphatic rings. The Bertz CT molecular complexity index is 394. The number of rotatable bonds is 2. The van der Waals surface area contributed by atoms with Crippen LogP contribution in [0.4, 0.5) is 0 Å². The average Bonchev–Trinajstić information content (AvgIpc) is 2.90. The first-order valence-electron chi connectivity index (χ1n) is 4.56. The molecule has 2 nitrogen and oxygen atoms in total. The molecule has 1 aliphatic carbocycles. The van der Waals surface area contributed by atoms with Gasteiger partial charge in [-0.15, -0.1) is 0 Å². The summed E-state index contributed by atoms with van der Waals surface area (Å²) in [6.07, 6.45) is 1.63. The molecule has 0 atom stereocenters. The lowest BCUT2D eigenvalue weighted by atomic mass is 9.91. The molecule has 0 aromatic heterocycles. The average molecular weight is 211 g/mol. The lowest BCUT2D eigenvalue weighted by Gasteiger charge is -2.13. The second kappa shape index (κ2) is 2.99. The van der Waals surface area contributed by atoms with Crippen LogP contribution in [0.3, 0.4) is 0 Å². The van der Waals surface area contributed by atoms with Gasteiger partial charge < -0.3 is 5.11 Å². The Morgan fingerprint density at radius 1 is 1.50 bits per heavy atom. The number of hydrogen-bond acceptors (Lipinski definition) is 2. The number of hydrogen-bond donors (Lipinski definition) is 1. The van der Waals surface area contributed by atoms with Crippen molar-refractivity contribution in [1.29, 1.82) is 0 Å². The fourth-order valence-corrected chi connectivity index (χ4v) is 2.00. The quantitative estimate of drug-likeness (QED) is 0.815. The van der Waals surface area contributed by atoms with Crippen molar-refractivity contribution in [3.8, 4) is 5.75 Å². The van der Waals surface area contributed by atoms with E-state index in [1.54, 1.807) is 25.1 Å². The summed E-state index contributed by atoms with van der Waals surface area (Å²) in [5, 5.41) is 10.2. The second-order valence-corrected chi connectivity index (χ2v) is 4.24. The van der Waals surface area contributed by atoms with Gasteiger partial charge >= 0.3 is 0 Å². The molecule has 0 radical (unpaired) electrons. The van der Waals surface area contributed by atoms with Crippen LogP contribution in [0.2, 0.25) is 5.02 Å². The molecular formula is C11H11ClO2. The van der Waals surface area contributed by atoms with Crippen molar-refractivity contribution in [3.05, 3.63) is 28.8 Å². The summed E-state index contributed by atoms with van der Waals surface area (Å²) in [6.45, 7) is 1.56. The molecule has 0 heterocycles. The van der Waals surface area contributed by atoms with E-state index in [0.29, 0.717) is 10.6 Å². The molecule has 0 spiro atoms. The molecule has 0 amide bonds. The molecular weight excluding hydrogens is 200 g/mol. The zero-order valence-electron chi connectivity index (χ0n) is 7.88. The zero-order chi connectivity index (χ0) is 10.3. The Morgan fingerprint density at radius 2 is 2.14 bits per heavy atom. The Labute approximate surface area is 87.5 Å². The van der Waals surface area contributed by atoms with Crippen molar-refractivity contribution in [2.75, 3.05) is 0 Å². The Kier molecular flexibility index (Phi) is 2.04. The highest BCUT2D eigenvalue weighted by molar-refractivity contribution is 6.30. The molecule has 1 N–H and O–H groups in total. The van der Waals surface area contributed by atoms with Crippen LogP contribution in [0.1, 0.15) is 25.3 Å². The van der Waals surface area contributed by atoms with E-state index in [-0.39, 0.29) is 11.5 Å². The molecule has 1 fully saturated rings. The van der Waals surface area contributed by atoms with Crippen LogP contribution in [0.5, 0.6) is 5.75 Å². The fraction of sp³-hybridized carbons (Fsp3) is 0.364. The lowest BCUT2D eigenvalue weighted by Crippen LogP contribution is -2.16. The third kappa shape index (κ3) is 1.30. The summed E-state index contributed by atoms with van der Waals surface area (Å²) in [5.74, 6) is 0.275. The number of carbonyl (C=O) groups excluding carboxylic acids is 1. The molecule has 0 unspecified atom stereocenters. The van der Waals surface area contributed by atoms with Gasteiger partial charge in [0.15, 0.2) is 0 Å². The normalized spacial score (nSPS) is 17.9. The monoisotopic (exact) mass is 210 g/mol. The minimum atomic E-state index is -0.449. The van der Waals surface area contributed by atoms with Gasteiger partial charge in [0.05, 0.1) is 5.41 Å². The highest BCUT2D eigenvalue weighted by Gasteiger charge is 2.50. The van der Waals surface area contributed by atoms with E-state index in [1.165, 1.54) is 0 Å². The molecule has 2 rings (SSSR count). The van der Waals surface area contributed by atoms with Crippen LogP contribution in [0, 0.1) is 0 Å². The summed E-state index contributed by atoms with van der Waals surface area (Å²) in [7, 11) is 0. The van der Waals surface area contributed by atoms with E-state index < -0.39 is 5.41 Å². The summed E-state index contributed by atoms with van der Waals surface area (Å²) in [5.41, 5.74) is 0.229. The van der Waals surface area contributed by atoms with Crippen LogP contribution < -0.4 is 0 Å². The Morgan fingerprint density at radius 3 is 2.64 bits per heavy atom. The first-order valence-corrected chi connectivity index (χ1v) is 4.94. The van der Waals surface area contributed by atoms with Gasteiger partial charge in [-0.3, -0.25) is 4.79 Å². The molecule has 3 heteroatoms. The molecule has 1 saturated carbocycles. The lowest BCUT2D eigenvalue weighted by molar-refractivity contribution is -0.119. The van der Waals surface area contributed by atoms with E-state index in [9.17, 15) is 9.90 Å². The maximum absolute atomic E-state index is 11.4. The smallest absolute Gasteiger partial charge is 0.140 e. The van der Waals surface area contributed by atoms with Crippen LogP contribution in [-0.4, -0.2) is 10.9 Å². The maximum atomic E-state index is 11.4. The summed E-state index contributed by atoms with van der Waals surface area (Å²) >= 11 is 5.83. The number of ketones is 1. The second-order valence-electron chi connectivity index (χ2n) is 3.80. The number of Topliss-reactive ketones (excluding diaryl/α,β-unsaturated/α-hetero) is 1. The van der Waals surface area contributed by atoms with Gasteiger partial charge in [0.25, 0.3) is 0 Å². The Balaban J connectivity index is 2.51. The summed E-state index contributed by atoms with van der Waals surface area (Å²) < 4.78 is 0. The minimum absolute atomic E-state index is 0.107. The number of carbonyl (C=O) groups is 1. The van der Waals surface area contributed by atoms with E-state index in [1.807, 2.05) is 0 Å². The molecule has 1 aromatic carbocycles. The largest absolute Gasteiger partial charge is 0.508 e. The van der Waals surface area contributed by atoms with Crippen LogP contribution in [-0.2, 0) is 10.2 Å². The van der Waals surface area contributed by atoms with Crippen molar-refractivity contribution < 1.29 is 9.90 Å². The predicted molar refractivity (Wildman–Crippen MR) is 54.7 cm³/mol. The number of phenols is 1. The van der Waals surface area contributed by atoms with E-state index in [2.05, 4.69) is 0 Å². The number of aromatic hydroxyl groups is 1. The van der Waals surface area contributed by atoms with Crippen molar-refractivity contribution in [1.82, 2.24) is 0 Å². The van der Waals surface area contributed by atoms with E-state index in [0.717, 1.165) is 12.8 Å². The van der Waals surface area contributed by atoms with Crippen molar-refractivity contribution in [3.63, 3.8) is 0 Å².